The zero-order chi connectivity index (χ0) is 38.1. The van der Waals surface area contributed by atoms with Gasteiger partial charge in [-0.15, -0.1) is 22.7 Å². The highest BCUT2D eigenvalue weighted by atomic mass is 32.1. The SMILES string of the molecule is c1cc2c3c(c1)sc1cccc(c13)-c1cc(-n3c4ccccc4c4cc(-n5c6ccccc6c6ccccc65)ccc43)cc3c1B2c1cccc2sc4cccc-3c4c12. The maximum atomic E-state index is 2.54. The van der Waals surface area contributed by atoms with Crippen LogP contribution >= 0.6 is 22.7 Å². The molecule has 13 aromatic rings. The van der Waals surface area contributed by atoms with Gasteiger partial charge in [-0.05, 0) is 106 Å². The molecule has 0 radical (unpaired) electrons. The van der Waals surface area contributed by atoms with Crippen molar-refractivity contribution in [2.24, 2.45) is 0 Å². The fourth-order valence-electron chi connectivity index (χ4n) is 11.3. The van der Waals surface area contributed by atoms with Crippen molar-refractivity contribution in [1.29, 1.82) is 0 Å². The number of hydrogen-bond acceptors (Lipinski definition) is 2. The molecule has 59 heavy (non-hydrogen) atoms. The number of benzene rings is 9. The summed E-state index contributed by atoms with van der Waals surface area (Å²) in [5, 5.41) is 10.7. The van der Waals surface area contributed by atoms with Gasteiger partial charge in [0, 0.05) is 62.5 Å². The highest BCUT2D eigenvalue weighted by Crippen LogP contribution is 2.47. The van der Waals surface area contributed by atoms with Crippen molar-refractivity contribution in [2.75, 3.05) is 0 Å². The van der Waals surface area contributed by atoms with Gasteiger partial charge in [0.25, 0.3) is 0 Å². The molecule has 2 aliphatic heterocycles. The van der Waals surface area contributed by atoms with Gasteiger partial charge in [0.2, 0.25) is 6.71 Å². The van der Waals surface area contributed by atoms with Gasteiger partial charge in [-0.2, -0.15) is 0 Å². The zero-order valence-electron chi connectivity index (χ0n) is 31.5. The molecule has 0 saturated carbocycles. The predicted molar refractivity (Wildman–Crippen MR) is 256 cm³/mol. The number of para-hydroxylation sites is 3. The molecule has 5 heteroatoms. The monoisotopic (exact) mass is 780 g/mol. The van der Waals surface area contributed by atoms with E-state index in [9.17, 15) is 0 Å². The standard InChI is InChI=1S/C54H29BN2S2/c1-4-18-42-32(11-1)33-12-2-5-19-43(33)56(42)30-25-26-45-37(27-30)34-13-3-6-20-44(34)57(45)31-28-38-35-14-7-21-46-50(35)52-40(16-9-23-48(52)58-46)55-41-17-10-24-49-53(41)51-36(39(29-31)54(38)55)15-8-22-47(51)59-49/h1-29H. The maximum absolute atomic E-state index is 2.54. The Balaban J connectivity index is 1.09. The molecule has 15 rings (SSSR count). The molecular weight excluding hydrogens is 752 g/mol. The molecule has 0 atom stereocenters. The Hall–Kier alpha value is -6.92. The quantitative estimate of drug-likeness (QED) is 0.155. The van der Waals surface area contributed by atoms with Crippen molar-refractivity contribution < 1.29 is 0 Å². The summed E-state index contributed by atoms with van der Waals surface area (Å²) >= 11 is 3.86. The van der Waals surface area contributed by atoms with Crippen molar-refractivity contribution in [1.82, 2.24) is 9.13 Å². The highest BCUT2D eigenvalue weighted by Gasteiger charge is 2.38. The third-order valence-corrected chi connectivity index (χ3v) is 15.8. The second-order valence-corrected chi connectivity index (χ2v) is 18.5. The number of rotatable bonds is 2. The molecule has 0 fully saturated rings. The summed E-state index contributed by atoms with van der Waals surface area (Å²) in [7, 11) is 0. The van der Waals surface area contributed by atoms with Crippen LogP contribution in [0.2, 0.25) is 0 Å². The minimum Gasteiger partial charge on any atom is -0.309 e. The normalized spacial score (nSPS) is 13.1. The second kappa shape index (κ2) is 11.0. The van der Waals surface area contributed by atoms with E-state index in [2.05, 4.69) is 185 Å². The second-order valence-electron chi connectivity index (χ2n) is 16.3. The summed E-state index contributed by atoms with van der Waals surface area (Å²) in [6, 6.07) is 66.8. The van der Waals surface area contributed by atoms with E-state index in [0.29, 0.717) is 0 Å². The van der Waals surface area contributed by atoms with Crippen molar-refractivity contribution in [2.45, 2.75) is 0 Å². The topological polar surface area (TPSA) is 9.86 Å². The first-order chi connectivity index (χ1) is 29.3. The zero-order valence-corrected chi connectivity index (χ0v) is 33.2. The molecule has 9 aromatic carbocycles. The average molecular weight is 781 g/mol. The first-order valence-electron chi connectivity index (χ1n) is 20.4. The Morgan fingerprint density at radius 1 is 0.322 bits per heavy atom. The van der Waals surface area contributed by atoms with E-state index in [-0.39, 0.29) is 6.71 Å². The smallest absolute Gasteiger partial charge is 0.244 e. The van der Waals surface area contributed by atoms with Crippen LogP contribution in [0.25, 0.3) is 118 Å². The molecule has 0 saturated heterocycles. The lowest BCUT2D eigenvalue weighted by Crippen LogP contribution is -2.53. The lowest BCUT2D eigenvalue weighted by molar-refractivity contribution is 1.17. The predicted octanol–water partition coefficient (Wildman–Crippen LogP) is 13.1. The first-order valence-corrected chi connectivity index (χ1v) is 22.0. The molecule has 0 spiro atoms. The van der Waals surface area contributed by atoms with Gasteiger partial charge in [-0.25, -0.2) is 0 Å². The van der Waals surface area contributed by atoms with Gasteiger partial charge in [0.05, 0.1) is 22.1 Å². The third-order valence-electron chi connectivity index (χ3n) is 13.5. The van der Waals surface area contributed by atoms with Crippen LogP contribution < -0.4 is 16.4 Å². The summed E-state index contributed by atoms with van der Waals surface area (Å²) in [5.41, 5.74) is 16.8. The minimum absolute atomic E-state index is 0.0868. The van der Waals surface area contributed by atoms with E-state index in [1.54, 1.807) is 0 Å². The van der Waals surface area contributed by atoms with Crippen molar-refractivity contribution >= 4 is 130 Å². The Bertz CT molecular complexity index is 3850. The van der Waals surface area contributed by atoms with Crippen LogP contribution in [-0.2, 0) is 0 Å². The van der Waals surface area contributed by atoms with Crippen LogP contribution in [0.4, 0.5) is 0 Å². The number of aromatic nitrogens is 2. The summed E-state index contributed by atoms with van der Waals surface area (Å²) in [5.74, 6) is 0. The molecule has 6 heterocycles. The van der Waals surface area contributed by atoms with E-state index in [1.807, 2.05) is 22.7 Å². The Labute approximate surface area is 346 Å². The van der Waals surface area contributed by atoms with E-state index in [0.717, 1.165) is 0 Å². The lowest BCUT2D eigenvalue weighted by Gasteiger charge is -2.23. The van der Waals surface area contributed by atoms with Crippen LogP contribution in [0.5, 0.6) is 0 Å². The Morgan fingerprint density at radius 2 is 0.763 bits per heavy atom. The average Bonchev–Trinajstić information content (AvgIpc) is 4.00. The van der Waals surface area contributed by atoms with Crippen molar-refractivity contribution in [3.05, 3.63) is 176 Å². The number of nitrogens with zero attached hydrogens (tertiary/aromatic N) is 2. The Kier molecular flexibility index (Phi) is 5.79. The highest BCUT2D eigenvalue weighted by molar-refractivity contribution is 7.27. The van der Waals surface area contributed by atoms with Crippen molar-refractivity contribution in [3.63, 3.8) is 0 Å². The molecular formula is C54H29BN2S2. The van der Waals surface area contributed by atoms with Gasteiger partial charge in [0.15, 0.2) is 0 Å². The van der Waals surface area contributed by atoms with Gasteiger partial charge >= 0.3 is 0 Å². The summed E-state index contributed by atoms with van der Waals surface area (Å²) < 4.78 is 10.4. The van der Waals surface area contributed by atoms with Crippen molar-refractivity contribution in [3.8, 4) is 33.6 Å². The fraction of sp³-hybridized carbons (Fsp3) is 0. The Morgan fingerprint density at radius 3 is 1.31 bits per heavy atom. The molecule has 2 nitrogen and oxygen atoms in total. The number of hydrogen-bond donors (Lipinski definition) is 0. The van der Waals surface area contributed by atoms with E-state index >= 15 is 0 Å². The molecule has 0 bridgehead atoms. The molecule has 0 N–H and O–H groups in total. The van der Waals surface area contributed by atoms with Crippen LogP contribution in [0.3, 0.4) is 0 Å². The molecule has 270 valence electrons. The molecule has 0 unspecified atom stereocenters. The number of thiophene rings is 2. The lowest BCUT2D eigenvalue weighted by atomic mass is 9.35. The summed E-state index contributed by atoms with van der Waals surface area (Å²) in [6.07, 6.45) is 0. The van der Waals surface area contributed by atoms with Gasteiger partial charge in [-0.1, -0.05) is 120 Å². The molecule has 0 amide bonds. The molecule has 2 aliphatic rings. The first kappa shape index (κ1) is 31.1. The van der Waals surface area contributed by atoms with E-state index in [1.165, 1.54) is 134 Å². The van der Waals surface area contributed by atoms with Gasteiger partial charge < -0.3 is 9.13 Å². The third kappa shape index (κ3) is 3.84. The fourth-order valence-corrected chi connectivity index (χ4v) is 13.6. The maximum Gasteiger partial charge on any atom is 0.244 e. The van der Waals surface area contributed by atoms with Gasteiger partial charge in [0.1, 0.15) is 0 Å². The van der Waals surface area contributed by atoms with Crippen LogP contribution in [0.1, 0.15) is 0 Å². The molecule has 4 aromatic heterocycles. The van der Waals surface area contributed by atoms with Crippen LogP contribution in [0, 0.1) is 0 Å². The minimum atomic E-state index is 0.0868. The van der Waals surface area contributed by atoms with Crippen LogP contribution in [-0.4, -0.2) is 15.8 Å². The summed E-state index contributed by atoms with van der Waals surface area (Å²) in [4.78, 5) is 0. The van der Waals surface area contributed by atoms with Gasteiger partial charge in [-0.3, -0.25) is 0 Å². The van der Waals surface area contributed by atoms with E-state index < -0.39 is 0 Å². The largest absolute Gasteiger partial charge is 0.309 e. The summed E-state index contributed by atoms with van der Waals surface area (Å²) in [6.45, 7) is 0.0868. The number of fused-ring (bicyclic) bond motifs is 10. The van der Waals surface area contributed by atoms with E-state index in [4.69, 9.17) is 0 Å². The van der Waals surface area contributed by atoms with Crippen LogP contribution in [0.15, 0.2) is 176 Å². The molecule has 0 aliphatic carbocycles.